The maximum atomic E-state index is 12.8. The van der Waals surface area contributed by atoms with Crippen LogP contribution in [0.5, 0.6) is 0 Å². The summed E-state index contributed by atoms with van der Waals surface area (Å²) in [6, 6.07) is 10.4. The van der Waals surface area contributed by atoms with Gasteiger partial charge in [0.15, 0.2) is 0 Å². The van der Waals surface area contributed by atoms with E-state index in [1.54, 1.807) is 53.6 Å². The van der Waals surface area contributed by atoms with Gasteiger partial charge >= 0.3 is 0 Å². The van der Waals surface area contributed by atoms with Crippen molar-refractivity contribution < 1.29 is 13.2 Å². The highest BCUT2D eigenvalue weighted by Crippen LogP contribution is 2.25. The molecule has 1 aliphatic rings. The number of carbonyl (C=O) groups is 1. The van der Waals surface area contributed by atoms with E-state index in [0.717, 1.165) is 12.0 Å². The Balaban J connectivity index is 1.69. The molecule has 0 N–H and O–H groups in total. The molecule has 3 rings (SSSR count). The summed E-state index contributed by atoms with van der Waals surface area (Å²) in [5.41, 5.74) is 1.10. The topological polar surface area (TPSA) is 57.7 Å². The molecular formula is C18H22N2O3S2. The molecule has 1 unspecified atom stereocenters. The Bertz CT molecular complexity index is 804. The van der Waals surface area contributed by atoms with E-state index in [1.807, 2.05) is 16.8 Å². The van der Waals surface area contributed by atoms with Crippen LogP contribution in [0.25, 0.3) is 0 Å². The van der Waals surface area contributed by atoms with E-state index in [0.29, 0.717) is 19.5 Å². The Morgan fingerprint density at radius 3 is 2.72 bits per heavy atom. The highest BCUT2D eigenvalue weighted by atomic mass is 32.2. The zero-order valence-electron chi connectivity index (χ0n) is 14.2. The van der Waals surface area contributed by atoms with E-state index in [9.17, 15) is 13.2 Å². The fourth-order valence-electron chi connectivity index (χ4n) is 3.15. The molecule has 0 spiro atoms. The first-order valence-corrected chi connectivity index (χ1v) is 10.7. The minimum atomic E-state index is -3.54. The average molecular weight is 379 g/mol. The van der Waals surface area contributed by atoms with Gasteiger partial charge in [-0.15, -0.1) is 0 Å². The first-order chi connectivity index (χ1) is 12.0. The maximum Gasteiger partial charge on any atom is 0.243 e. The van der Waals surface area contributed by atoms with Crippen LogP contribution in [-0.4, -0.2) is 43.7 Å². The zero-order chi connectivity index (χ0) is 17.9. The average Bonchev–Trinajstić information content (AvgIpc) is 3.15. The summed E-state index contributed by atoms with van der Waals surface area (Å²) in [7, 11) is -1.76. The van der Waals surface area contributed by atoms with E-state index in [-0.39, 0.29) is 23.3 Å². The maximum absolute atomic E-state index is 12.8. The molecule has 5 nitrogen and oxygen atoms in total. The smallest absolute Gasteiger partial charge is 0.243 e. The normalized spacial score (nSPS) is 18.8. The molecule has 0 radical (unpaired) electrons. The van der Waals surface area contributed by atoms with E-state index in [2.05, 4.69) is 0 Å². The van der Waals surface area contributed by atoms with Gasteiger partial charge in [-0.05, 0) is 47.4 Å². The molecule has 0 aliphatic carbocycles. The summed E-state index contributed by atoms with van der Waals surface area (Å²) in [6.07, 6.45) is 1.43. The van der Waals surface area contributed by atoms with Gasteiger partial charge in [-0.3, -0.25) is 4.79 Å². The number of hydrogen-bond donors (Lipinski definition) is 0. The van der Waals surface area contributed by atoms with Crippen molar-refractivity contribution in [1.82, 2.24) is 9.21 Å². The van der Waals surface area contributed by atoms with Crippen molar-refractivity contribution >= 4 is 27.3 Å². The van der Waals surface area contributed by atoms with Crippen molar-refractivity contribution in [2.24, 2.45) is 5.92 Å². The zero-order valence-corrected chi connectivity index (χ0v) is 15.8. The van der Waals surface area contributed by atoms with Crippen LogP contribution in [0, 0.1) is 5.92 Å². The molecule has 134 valence electrons. The molecule has 7 heteroatoms. The minimum absolute atomic E-state index is 0.0131. The van der Waals surface area contributed by atoms with E-state index < -0.39 is 10.0 Å². The molecule has 1 aliphatic heterocycles. The molecule has 2 heterocycles. The predicted molar refractivity (Wildman–Crippen MR) is 98.7 cm³/mol. The lowest BCUT2D eigenvalue weighted by atomic mass is 9.98. The first-order valence-electron chi connectivity index (χ1n) is 8.30. The van der Waals surface area contributed by atoms with Crippen LogP contribution in [0.1, 0.15) is 18.4 Å². The molecule has 1 aromatic heterocycles. The molecule has 0 bridgehead atoms. The third kappa shape index (κ3) is 4.11. The Kier molecular flexibility index (Phi) is 5.56. The quantitative estimate of drug-likeness (QED) is 0.804. The van der Waals surface area contributed by atoms with Gasteiger partial charge in [0.05, 0.1) is 10.8 Å². The SMILES string of the molecule is CN(Cc1ccsc1)C(=O)C1CCCN(S(=O)(=O)c2ccccc2)C1. The second-order valence-electron chi connectivity index (χ2n) is 6.34. The van der Waals surface area contributed by atoms with Gasteiger partial charge in [0.1, 0.15) is 0 Å². The summed E-state index contributed by atoms with van der Waals surface area (Å²) in [5, 5.41) is 4.01. The summed E-state index contributed by atoms with van der Waals surface area (Å²) >= 11 is 1.60. The third-order valence-corrected chi connectivity index (χ3v) is 7.10. The molecule has 25 heavy (non-hydrogen) atoms. The van der Waals surface area contributed by atoms with Crippen molar-refractivity contribution in [2.45, 2.75) is 24.3 Å². The largest absolute Gasteiger partial charge is 0.341 e. The van der Waals surface area contributed by atoms with Crippen LogP contribution < -0.4 is 0 Å². The molecule has 1 saturated heterocycles. The van der Waals surface area contributed by atoms with Crippen LogP contribution in [0.3, 0.4) is 0 Å². The Labute approximate surface area is 152 Å². The number of amides is 1. The van der Waals surface area contributed by atoms with Crippen LogP contribution >= 0.6 is 11.3 Å². The van der Waals surface area contributed by atoms with Gasteiger partial charge in [0, 0.05) is 26.7 Å². The Morgan fingerprint density at radius 1 is 1.28 bits per heavy atom. The lowest BCUT2D eigenvalue weighted by Gasteiger charge is -2.33. The fourth-order valence-corrected chi connectivity index (χ4v) is 5.35. The molecule has 1 fully saturated rings. The van der Waals surface area contributed by atoms with Crippen LogP contribution in [0.15, 0.2) is 52.1 Å². The first kappa shape index (κ1) is 18.1. The van der Waals surface area contributed by atoms with E-state index >= 15 is 0 Å². The van der Waals surface area contributed by atoms with Crippen molar-refractivity contribution in [2.75, 3.05) is 20.1 Å². The van der Waals surface area contributed by atoms with Crippen LogP contribution in [0.4, 0.5) is 0 Å². The summed E-state index contributed by atoms with van der Waals surface area (Å²) in [4.78, 5) is 14.7. The summed E-state index contributed by atoms with van der Waals surface area (Å²) in [5.74, 6) is -0.268. The lowest BCUT2D eigenvalue weighted by molar-refractivity contribution is -0.135. The number of benzene rings is 1. The number of piperidine rings is 1. The van der Waals surface area contributed by atoms with Crippen molar-refractivity contribution in [3.63, 3.8) is 0 Å². The standard InChI is InChI=1S/C18H22N2O3S2/c1-19(12-15-9-11-24-14-15)18(21)16-6-5-10-20(13-16)25(22,23)17-7-3-2-4-8-17/h2-4,7-9,11,14,16H,5-6,10,12-13H2,1H3. The number of nitrogens with zero attached hydrogens (tertiary/aromatic N) is 2. The van der Waals surface area contributed by atoms with E-state index in [4.69, 9.17) is 0 Å². The molecule has 0 saturated carbocycles. The number of sulfonamides is 1. The molecule has 1 aromatic carbocycles. The third-order valence-electron chi connectivity index (χ3n) is 4.49. The lowest BCUT2D eigenvalue weighted by Crippen LogP contribution is -2.45. The predicted octanol–water partition coefficient (Wildman–Crippen LogP) is 2.81. The molecule has 1 atom stereocenters. The van der Waals surface area contributed by atoms with E-state index in [1.165, 1.54) is 4.31 Å². The summed E-state index contributed by atoms with van der Waals surface area (Å²) in [6.45, 7) is 1.28. The molecular weight excluding hydrogens is 356 g/mol. The van der Waals surface area contributed by atoms with Crippen LogP contribution in [0.2, 0.25) is 0 Å². The fraction of sp³-hybridized carbons (Fsp3) is 0.389. The number of rotatable bonds is 5. The van der Waals surface area contributed by atoms with Crippen molar-refractivity contribution in [3.8, 4) is 0 Å². The van der Waals surface area contributed by atoms with Crippen molar-refractivity contribution in [3.05, 3.63) is 52.7 Å². The molecule has 1 amide bonds. The monoisotopic (exact) mass is 378 g/mol. The molecule has 2 aromatic rings. The highest BCUT2D eigenvalue weighted by molar-refractivity contribution is 7.89. The number of carbonyl (C=O) groups excluding carboxylic acids is 1. The number of hydrogen-bond acceptors (Lipinski definition) is 4. The second kappa shape index (κ2) is 7.68. The van der Waals surface area contributed by atoms with Gasteiger partial charge in [-0.25, -0.2) is 8.42 Å². The Hall–Kier alpha value is -1.70. The minimum Gasteiger partial charge on any atom is -0.341 e. The highest BCUT2D eigenvalue weighted by Gasteiger charge is 2.34. The van der Waals surface area contributed by atoms with Gasteiger partial charge < -0.3 is 4.90 Å². The van der Waals surface area contributed by atoms with Gasteiger partial charge in [0.25, 0.3) is 0 Å². The summed E-state index contributed by atoms with van der Waals surface area (Å²) < 4.78 is 27.0. The van der Waals surface area contributed by atoms with Crippen molar-refractivity contribution in [1.29, 1.82) is 0 Å². The second-order valence-corrected chi connectivity index (χ2v) is 9.06. The number of thiophene rings is 1. The van der Waals surface area contributed by atoms with Gasteiger partial charge in [0.2, 0.25) is 15.9 Å². The Morgan fingerprint density at radius 2 is 2.04 bits per heavy atom. The van der Waals surface area contributed by atoms with Gasteiger partial charge in [-0.2, -0.15) is 15.6 Å². The van der Waals surface area contributed by atoms with Crippen LogP contribution in [-0.2, 0) is 21.4 Å². The van der Waals surface area contributed by atoms with Gasteiger partial charge in [-0.1, -0.05) is 18.2 Å².